The van der Waals surface area contributed by atoms with Crippen LogP contribution in [-0.4, -0.2) is 49.3 Å². The van der Waals surface area contributed by atoms with Crippen molar-refractivity contribution in [2.45, 2.75) is 30.9 Å². The number of nitrogens with two attached hydrogens (primary N) is 1. The second kappa shape index (κ2) is 5.83. The first-order valence-corrected chi connectivity index (χ1v) is 7.26. The first-order valence-electron chi connectivity index (χ1n) is 6.46. The van der Waals surface area contributed by atoms with Gasteiger partial charge in [0.05, 0.1) is 30.8 Å². The second-order valence-electron chi connectivity index (χ2n) is 5.32. The van der Waals surface area contributed by atoms with Crippen LogP contribution in [0, 0.1) is 5.41 Å². The Labute approximate surface area is 126 Å². The number of ether oxygens (including phenoxy) is 2. The molecule has 2 rings (SSSR count). The molecule has 0 spiro atoms. The number of fused-ring (bicyclic) bond motifs is 1. The van der Waals surface area contributed by atoms with Gasteiger partial charge in [0.2, 0.25) is 0 Å². The second-order valence-corrected chi connectivity index (χ2v) is 6.24. The zero-order chi connectivity index (χ0) is 14.8. The van der Waals surface area contributed by atoms with Crippen LogP contribution < -0.4 is 5.73 Å². The van der Waals surface area contributed by atoms with Crippen molar-refractivity contribution < 1.29 is 19.4 Å². The molecule has 1 aliphatic carbocycles. The molecule has 2 aliphatic rings. The summed E-state index contributed by atoms with van der Waals surface area (Å²) in [5.41, 5.74) is 3.19. The number of aliphatic imine (C=N–C) groups is 1. The van der Waals surface area contributed by atoms with Crippen LogP contribution in [-0.2, 0) is 14.3 Å². The summed E-state index contributed by atoms with van der Waals surface area (Å²) in [6.45, 7) is 0.348. The highest BCUT2D eigenvalue weighted by atomic mass is 79.9. The number of nitrogens with zero attached hydrogens (tertiary/aromatic N) is 1. The normalized spacial score (nSPS) is 38.0. The van der Waals surface area contributed by atoms with Crippen LogP contribution in [0.15, 0.2) is 15.7 Å². The Balaban J connectivity index is 2.16. The third-order valence-corrected chi connectivity index (χ3v) is 4.67. The average Bonchev–Trinajstić information content (AvgIpc) is 2.80. The molecule has 1 heterocycles. The summed E-state index contributed by atoms with van der Waals surface area (Å²) in [5.74, 6) is -0.400. The zero-order valence-corrected chi connectivity index (χ0v) is 12.9. The van der Waals surface area contributed by atoms with Gasteiger partial charge in [-0.05, 0) is 28.8 Å². The molecule has 1 aliphatic heterocycles. The number of carbonyl (C=O) groups is 1. The number of allylic oxidation sites excluding steroid dienone is 1. The molecule has 112 valence electrons. The van der Waals surface area contributed by atoms with Crippen LogP contribution in [0.25, 0.3) is 0 Å². The number of rotatable bonds is 3. The highest BCUT2D eigenvalue weighted by Gasteiger charge is 2.63. The first-order chi connectivity index (χ1) is 9.47. The van der Waals surface area contributed by atoms with Crippen LogP contribution in [0.1, 0.15) is 19.3 Å². The lowest BCUT2D eigenvalue weighted by molar-refractivity contribution is -0.172. The van der Waals surface area contributed by atoms with Gasteiger partial charge in [-0.1, -0.05) is 0 Å². The molecule has 3 unspecified atom stereocenters. The molecule has 0 aromatic carbocycles. The van der Waals surface area contributed by atoms with Gasteiger partial charge in [-0.25, -0.2) is 0 Å². The summed E-state index contributed by atoms with van der Waals surface area (Å²) in [4.78, 5) is 16.4. The minimum absolute atomic E-state index is 0.0630. The van der Waals surface area contributed by atoms with E-state index in [1.165, 1.54) is 13.3 Å². The van der Waals surface area contributed by atoms with Crippen LogP contribution in [0.4, 0.5) is 0 Å². The van der Waals surface area contributed by atoms with Crippen LogP contribution in [0.5, 0.6) is 0 Å². The molecular weight excluding hydrogens is 328 g/mol. The Bertz CT molecular complexity index is 454. The highest BCUT2D eigenvalue weighted by molar-refractivity contribution is 9.12. The summed E-state index contributed by atoms with van der Waals surface area (Å²) < 4.78 is 10.9. The SMILES string of the molecule is COC(=O)C12CCC(N=C/C(Br)=C\N)CC1(O)COC2. The lowest BCUT2D eigenvalue weighted by Gasteiger charge is -2.43. The fourth-order valence-electron chi connectivity index (χ4n) is 3.02. The number of esters is 1. The minimum atomic E-state index is -1.21. The lowest BCUT2D eigenvalue weighted by Crippen LogP contribution is -2.57. The van der Waals surface area contributed by atoms with Crippen molar-refractivity contribution in [3.8, 4) is 0 Å². The van der Waals surface area contributed by atoms with Crippen molar-refractivity contribution in [3.05, 3.63) is 10.7 Å². The molecule has 6 nitrogen and oxygen atoms in total. The van der Waals surface area contributed by atoms with Crippen LogP contribution in [0.2, 0.25) is 0 Å². The van der Waals surface area contributed by atoms with Gasteiger partial charge in [0, 0.05) is 18.8 Å². The van der Waals surface area contributed by atoms with Gasteiger partial charge in [0.1, 0.15) is 11.0 Å². The molecule has 3 atom stereocenters. The van der Waals surface area contributed by atoms with E-state index in [9.17, 15) is 9.90 Å². The minimum Gasteiger partial charge on any atom is -0.468 e. The Kier molecular flexibility index (Phi) is 4.51. The van der Waals surface area contributed by atoms with E-state index >= 15 is 0 Å². The molecule has 0 aromatic rings. The van der Waals surface area contributed by atoms with Crippen molar-refractivity contribution in [3.63, 3.8) is 0 Å². The van der Waals surface area contributed by atoms with Gasteiger partial charge in [0.15, 0.2) is 0 Å². The van der Waals surface area contributed by atoms with E-state index in [4.69, 9.17) is 15.2 Å². The number of methoxy groups -OCH3 is 1. The largest absolute Gasteiger partial charge is 0.468 e. The van der Waals surface area contributed by atoms with Crippen molar-refractivity contribution in [1.82, 2.24) is 0 Å². The standard InChI is InChI=1S/C13H19BrN2O4/c1-19-11(17)12-3-2-10(16-6-9(14)5-15)4-13(12,18)8-20-7-12/h5-6,10,18H,2-4,7-8,15H2,1H3/b9-5+,16-6?. The van der Waals surface area contributed by atoms with Gasteiger partial charge < -0.3 is 20.3 Å². The number of halogens is 1. The molecule has 0 radical (unpaired) electrons. The van der Waals surface area contributed by atoms with Crippen molar-refractivity contribution in [2.75, 3.05) is 20.3 Å². The summed E-state index contributed by atoms with van der Waals surface area (Å²) in [6.07, 6.45) is 4.60. The van der Waals surface area contributed by atoms with E-state index in [0.29, 0.717) is 23.7 Å². The third kappa shape index (κ3) is 2.49. The molecule has 3 N–H and O–H groups in total. The maximum atomic E-state index is 12.1. The summed E-state index contributed by atoms with van der Waals surface area (Å²) in [7, 11) is 1.34. The van der Waals surface area contributed by atoms with Gasteiger partial charge in [-0.3, -0.25) is 9.79 Å². The van der Waals surface area contributed by atoms with E-state index in [1.54, 1.807) is 6.21 Å². The highest BCUT2D eigenvalue weighted by Crippen LogP contribution is 2.50. The zero-order valence-electron chi connectivity index (χ0n) is 11.3. The Morgan fingerprint density at radius 3 is 3.00 bits per heavy atom. The molecule has 0 amide bonds. The predicted octanol–water partition coefficient (Wildman–Crippen LogP) is 0.725. The van der Waals surface area contributed by atoms with Crippen molar-refractivity contribution in [2.24, 2.45) is 16.1 Å². The summed E-state index contributed by atoms with van der Waals surface area (Å²) in [5, 5.41) is 10.8. The van der Waals surface area contributed by atoms with Crippen LogP contribution >= 0.6 is 15.9 Å². The Morgan fingerprint density at radius 2 is 2.35 bits per heavy atom. The quantitative estimate of drug-likeness (QED) is 0.580. The number of aliphatic hydroxyl groups is 1. The van der Waals surface area contributed by atoms with E-state index in [0.717, 1.165) is 0 Å². The molecule has 2 fully saturated rings. The molecule has 7 heteroatoms. The van der Waals surface area contributed by atoms with Gasteiger partial charge in [-0.2, -0.15) is 0 Å². The van der Waals surface area contributed by atoms with E-state index in [-0.39, 0.29) is 19.3 Å². The van der Waals surface area contributed by atoms with Crippen molar-refractivity contribution in [1.29, 1.82) is 0 Å². The molecule has 1 saturated carbocycles. The van der Waals surface area contributed by atoms with E-state index in [1.807, 2.05) is 0 Å². The Morgan fingerprint density at radius 1 is 1.60 bits per heavy atom. The topological polar surface area (TPSA) is 94.1 Å². The van der Waals surface area contributed by atoms with Gasteiger partial charge in [0.25, 0.3) is 0 Å². The van der Waals surface area contributed by atoms with E-state index in [2.05, 4.69) is 20.9 Å². The average molecular weight is 347 g/mol. The Hall–Kier alpha value is -0.920. The molecule has 20 heavy (non-hydrogen) atoms. The molecule has 0 bridgehead atoms. The smallest absolute Gasteiger partial charge is 0.317 e. The van der Waals surface area contributed by atoms with Crippen LogP contribution in [0.3, 0.4) is 0 Å². The van der Waals surface area contributed by atoms with E-state index < -0.39 is 17.0 Å². The fraction of sp³-hybridized carbons (Fsp3) is 0.692. The van der Waals surface area contributed by atoms with Crippen molar-refractivity contribution >= 4 is 28.1 Å². The predicted molar refractivity (Wildman–Crippen MR) is 77.5 cm³/mol. The summed E-state index contributed by atoms with van der Waals surface area (Å²) >= 11 is 3.24. The molecule has 0 aromatic heterocycles. The maximum absolute atomic E-state index is 12.1. The lowest BCUT2D eigenvalue weighted by atomic mass is 9.63. The number of hydrogen-bond donors (Lipinski definition) is 2. The third-order valence-electron chi connectivity index (χ3n) is 4.20. The molecular formula is C13H19BrN2O4. The number of carbonyl (C=O) groups excluding carboxylic acids is 1. The fourth-order valence-corrected chi connectivity index (χ4v) is 3.14. The summed E-state index contributed by atoms with van der Waals surface area (Å²) in [6, 6.07) is -0.0630. The first kappa shape index (κ1) is 15.5. The number of hydrogen-bond acceptors (Lipinski definition) is 6. The van der Waals surface area contributed by atoms with Gasteiger partial charge >= 0.3 is 5.97 Å². The monoisotopic (exact) mass is 346 g/mol. The molecule has 1 saturated heterocycles. The maximum Gasteiger partial charge on any atom is 0.317 e. The van der Waals surface area contributed by atoms with Gasteiger partial charge in [-0.15, -0.1) is 0 Å².